The molecular weight excluding hydrogens is 355 g/mol. The molecule has 2 aromatic rings. The van der Waals surface area contributed by atoms with E-state index in [0.29, 0.717) is 21.3 Å². The van der Waals surface area contributed by atoms with Crippen LogP contribution in [0, 0.1) is 0 Å². The molecule has 0 atom stereocenters. The van der Waals surface area contributed by atoms with Crippen LogP contribution >= 0.6 is 35.0 Å². The number of carbonyl (C=O) groups is 2. The highest BCUT2D eigenvalue weighted by molar-refractivity contribution is 8.00. The Hall–Kier alpha value is -1.69. The molecule has 0 radical (unpaired) electrons. The number of anilines is 1. The summed E-state index contributed by atoms with van der Waals surface area (Å²) in [6.07, 6.45) is 0.130. The summed E-state index contributed by atoms with van der Waals surface area (Å²) in [5, 5.41) is 3.79. The molecular formula is C16H14Cl2N2O2S. The molecule has 0 fully saturated rings. The van der Waals surface area contributed by atoms with Crippen molar-refractivity contribution in [2.75, 3.05) is 11.1 Å². The molecule has 120 valence electrons. The van der Waals surface area contributed by atoms with E-state index in [0.717, 1.165) is 4.90 Å². The number of carbonyl (C=O) groups excluding carboxylic acids is 2. The minimum Gasteiger partial charge on any atom is -0.369 e. The molecule has 7 heteroatoms. The number of amides is 2. The van der Waals surface area contributed by atoms with E-state index in [9.17, 15) is 9.59 Å². The molecule has 0 heterocycles. The minimum atomic E-state index is -0.413. The first kappa shape index (κ1) is 17.7. The van der Waals surface area contributed by atoms with E-state index in [2.05, 4.69) is 5.32 Å². The second-order valence-electron chi connectivity index (χ2n) is 4.71. The van der Waals surface area contributed by atoms with Crippen LogP contribution in [0.4, 0.5) is 5.69 Å². The third-order valence-corrected chi connectivity index (χ3v) is 4.58. The van der Waals surface area contributed by atoms with Crippen LogP contribution in [-0.2, 0) is 16.0 Å². The number of thioether (sulfide) groups is 1. The van der Waals surface area contributed by atoms with E-state index in [-0.39, 0.29) is 18.1 Å². The quantitative estimate of drug-likeness (QED) is 0.762. The van der Waals surface area contributed by atoms with Crippen LogP contribution in [0.2, 0.25) is 10.0 Å². The zero-order chi connectivity index (χ0) is 16.8. The van der Waals surface area contributed by atoms with Crippen LogP contribution in [0.15, 0.2) is 47.4 Å². The Morgan fingerprint density at radius 3 is 2.57 bits per heavy atom. The highest BCUT2D eigenvalue weighted by atomic mass is 35.5. The SMILES string of the molecule is NC(=O)CSc1ccccc1NC(=O)Cc1ccc(Cl)cc1Cl. The summed E-state index contributed by atoms with van der Waals surface area (Å²) in [6.45, 7) is 0. The number of rotatable bonds is 6. The summed E-state index contributed by atoms with van der Waals surface area (Å²) in [4.78, 5) is 23.9. The van der Waals surface area contributed by atoms with E-state index in [1.165, 1.54) is 11.8 Å². The third kappa shape index (κ3) is 5.46. The molecule has 2 aromatic carbocycles. The van der Waals surface area contributed by atoms with Gasteiger partial charge in [-0.2, -0.15) is 0 Å². The Morgan fingerprint density at radius 2 is 1.87 bits per heavy atom. The van der Waals surface area contributed by atoms with E-state index >= 15 is 0 Å². The van der Waals surface area contributed by atoms with Gasteiger partial charge in [0, 0.05) is 14.9 Å². The monoisotopic (exact) mass is 368 g/mol. The first-order valence-electron chi connectivity index (χ1n) is 6.69. The van der Waals surface area contributed by atoms with Gasteiger partial charge in [0.2, 0.25) is 11.8 Å². The molecule has 3 N–H and O–H groups in total. The number of nitrogens with two attached hydrogens (primary N) is 1. The van der Waals surface area contributed by atoms with Crippen molar-refractivity contribution in [2.45, 2.75) is 11.3 Å². The maximum atomic E-state index is 12.2. The van der Waals surface area contributed by atoms with Gasteiger partial charge in [0.15, 0.2) is 0 Å². The number of para-hydroxylation sites is 1. The van der Waals surface area contributed by atoms with Crippen molar-refractivity contribution in [3.63, 3.8) is 0 Å². The van der Waals surface area contributed by atoms with Gasteiger partial charge in [-0.15, -0.1) is 11.8 Å². The van der Waals surface area contributed by atoms with Crippen LogP contribution in [0.25, 0.3) is 0 Å². The standard InChI is InChI=1S/C16H14Cl2N2O2S/c17-11-6-5-10(12(18)8-11)7-16(22)20-13-3-1-2-4-14(13)23-9-15(19)21/h1-6,8H,7,9H2,(H2,19,21)(H,20,22). The summed E-state index contributed by atoms with van der Waals surface area (Å²) in [6, 6.07) is 12.2. The largest absolute Gasteiger partial charge is 0.369 e. The number of benzene rings is 2. The van der Waals surface area contributed by atoms with Crippen molar-refractivity contribution in [1.29, 1.82) is 0 Å². The smallest absolute Gasteiger partial charge is 0.228 e. The fourth-order valence-electron chi connectivity index (χ4n) is 1.88. The Kier molecular flexibility index (Phi) is 6.33. The van der Waals surface area contributed by atoms with E-state index < -0.39 is 5.91 Å². The molecule has 23 heavy (non-hydrogen) atoms. The van der Waals surface area contributed by atoms with Crippen molar-refractivity contribution in [2.24, 2.45) is 5.73 Å². The van der Waals surface area contributed by atoms with Crippen LogP contribution in [-0.4, -0.2) is 17.6 Å². The fourth-order valence-corrected chi connectivity index (χ4v) is 3.10. The summed E-state index contributed by atoms with van der Waals surface area (Å²) in [7, 11) is 0. The molecule has 0 bridgehead atoms. The number of hydrogen-bond donors (Lipinski definition) is 2. The normalized spacial score (nSPS) is 10.3. The van der Waals surface area contributed by atoms with Gasteiger partial charge in [0.1, 0.15) is 0 Å². The van der Waals surface area contributed by atoms with E-state index in [1.807, 2.05) is 12.1 Å². The Bertz CT molecular complexity index is 738. The van der Waals surface area contributed by atoms with Gasteiger partial charge in [0.25, 0.3) is 0 Å². The van der Waals surface area contributed by atoms with Crippen molar-refractivity contribution in [3.8, 4) is 0 Å². The lowest BCUT2D eigenvalue weighted by Crippen LogP contribution is -2.16. The van der Waals surface area contributed by atoms with Crippen LogP contribution < -0.4 is 11.1 Å². The number of nitrogens with one attached hydrogen (secondary N) is 1. The molecule has 0 saturated carbocycles. The van der Waals surface area contributed by atoms with E-state index in [1.54, 1.807) is 30.3 Å². The summed E-state index contributed by atoms with van der Waals surface area (Å²) in [5.74, 6) is -0.471. The maximum absolute atomic E-state index is 12.2. The first-order valence-corrected chi connectivity index (χ1v) is 8.44. The molecule has 2 rings (SSSR count). The maximum Gasteiger partial charge on any atom is 0.228 e. The molecule has 4 nitrogen and oxygen atoms in total. The second-order valence-corrected chi connectivity index (χ2v) is 6.57. The predicted octanol–water partition coefficient (Wildman–Crippen LogP) is 3.75. The number of halogens is 2. The summed E-state index contributed by atoms with van der Waals surface area (Å²) >= 11 is 13.2. The highest BCUT2D eigenvalue weighted by Crippen LogP contribution is 2.27. The van der Waals surface area contributed by atoms with Crippen LogP contribution in [0.3, 0.4) is 0 Å². The van der Waals surface area contributed by atoms with Gasteiger partial charge >= 0.3 is 0 Å². The Morgan fingerprint density at radius 1 is 1.13 bits per heavy atom. The zero-order valence-electron chi connectivity index (χ0n) is 12.0. The highest BCUT2D eigenvalue weighted by Gasteiger charge is 2.11. The first-order chi connectivity index (χ1) is 11.0. The third-order valence-electron chi connectivity index (χ3n) is 2.90. The molecule has 0 saturated heterocycles. The second kappa shape index (κ2) is 8.24. The van der Waals surface area contributed by atoms with Crippen molar-refractivity contribution in [1.82, 2.24) is 0 Å². The Labute approximate surface area is 148 Å². The lowest BCUT2D eigenvalue weighted by Gasteiger charge is -2.11. The topological polar surface area (TPSA) is 72.2 Å². The average Bonchev–Trinajstić information content (AvgIpc) is 2.49. The summed E-state index contributed by atoms with van der Waals surface area (Å²) in [5.41, 5.74) is 6.47. The molecule has 0 aliphatic rings. The van der Waals surface area contributed by atoms with Gasteiger partial charge in [-0.05, 0) is 29.8 Å². The van der Waals surface area contributed by atoms with Crippen molar-refractivity contribution >= 4 is 52.5 Å². The number of primary amides is 1. The van der Waals surface area contributed by atoms with Crippen LogP contribution in [0.5, 0.6) is 0 Å². The minimum absolute atomic E-state index is 0.130. The molecule has 0 unspecified atom stereocenters. The van der Waals surface area contributed by atoms with Crippen LogP contribution in [0.1, 0.15) is 5.56 Å². The average molecular weight is 369 g/mol. The van der Waals surface area contributed by atoms with Gasteiger partial charge in [-0.1, -0.05) is 41.4 Å². The summed E-state index contributed by atoms with van der Waals surface area (Å²) < 4.78 is 0. The Balaban J connectivity index is 2.06. The zero-order valence-corrected chi connectivity index (χ0v) is 14.3. The van der Waals surface area contributed by atoms with Gasteiger partial charge in [-0.3, -0.25) is 9.59 Å². The van der Waals surface area contributed by atoms with Gasteiger partial charge in [0.05, 0.1) is 17.9 Å². The predicted molar refractivity (Wildman–Crippen MR) is 95.2 cm³/mol. The van der Waals surface area contributed by atoms with Gasteiger partial charge in [-0.25, -0.2) is 0 Å². The lowest BCUT2D eigenvalue weighted by molar-refractivity contribution is -0.116. The van der Waals surface area contributed by atoms with Gasteiger partial charge < -0.3 is 11.1 Å². The molecule has 0 spiro atoms. The van der Waals surface area contributed by atoms with Crippen molar-refractivity contribution < 1.29 is 9.59 Å². The lowest BCUT2D eigenvalue weighted by atomic mass is 10.1. The van der Waals surface area contributed by atoms with E-state index in [4.69, 9.17) is 28.9 Å². The molecule has 0 aliphatic carbocycles. The fraction of sp³-hybridized carbons (Fsp3) is 0.125. The molecule has 0 aliphatic heterocycles. The van der Waals surface area contributed by atoms with Crippen molar-refractivity contribution in [3.05, 3.63) is 58.1 Å². The molecule has 0 aromatic heterocycles. The molecule has 2 amide bonds. The number of hydrogen-bond acceptors (Lipinski definition) is 3.